The lowest BCUT2D eigenvalue weighted by molar-refractivity contribution is 0.688. The molecule has 1 aromatic heterocycles. The highest BCUT2D eigenvalue weighted by atomic mass is 15.3. The van der Waals surface area contributed by atoms with E-state index in [9.17, 15) is 0 Å². The summed E-state index contributed by atoms with van der Waals surface area (Å²) in [5, 5.41) is 7.97. The predicted molar refractivity (Wildman–Crippen MR) is 58.7 cm³/mol. The molecule has 0 saturated heterocycles. The van der Waals surface area contributed by atoms with E-state index in [1.165, 1.54) is 0 Å². The van der Waals surface area contributed by atoms with Crippen LogP contribution in [-0.4, -0.2) is 20.8 Å². The van der Waals surface area contributed by atoms with Crippen molar-refractivity contribution in [1.82, 2.24) is 14.8 Å². The van der Waals surface area contributed by atoms with Crippen molar-refractivity contribution in [2.75, 3.05) is 0 Å². The molecule has 0 radical (unpaired) electrons. The van der Waals surface area contributed by atoms with Crippen LogP contribution in [0.2, 0.25) is 0 Å². The van der Waals surface area contributed by atoms with Gasteiger partial charge in [-0.05, 0) is 19.1 Å². The van der Waals surface area contributed by atoms with Crippen LogP contribution in [0, 0.1) is 0 Å². The molecule has 2 rings (SSSR count). The quantitative estimate of drug-likeness (QED) is 0.812. The summed E-state index contributed by atoms with van der Waals surface area (Å²) in [5.41, 5.74) is 6.82. The van der Waals surface area contributed by atoms with E-state index < -0.39 is 0 Å². The van der Waals surface area contributed by atoms with Gasteiger partial charge in [-0.3, -0.25) is 4.57 Å². The number of benzene rings is 1. The number of nitrogens with two attached hydrogens (primary N) is 1. The molecule has 15 heavy (non-hydrogen) atoms. The Hall–Kier alpha value is -1.68. The van der Waals surface area contributed by atoms with Crippen LogP contribution in [0.1, 0.15) is 12.7 Å². The van der Waals surface area contributed by atoms with Crippen molar-refractivity contribution in [2.24, 2.45) is 5.73 Å². The largest absolute Gasteiger partial charge is 0.328 e. The van der Waals surface area contributed by atoms with Gasteiger partial charge in [0.15, 0.2) is 0 Å². The number of hydrogen-bond donors (Lipinski definition) is 1. The third-order valence-corrected chi connectivity index (χ3v) is 2.16. The number of para-hydroxylation sites is 1. The van der Waals surface area contributed by atoms with E-state index in [0.29, 0.717) is 0 Å². The molecule has 0 amide bonds. The zero-order chi connectivity index (χ0) is 10.7. The van der Waals surface area contributed by atoms with Crippen molar-refractivity contribution in [3.8, 4) is 5.69 Å². The SMILES string of the molecule is CC(N)Cc1nncn1-c1ccccc1. The van der Waals surface area contributed by atoms with Gasteiger partial charge < -0.3 is 5.73 Å². The highest BCUT2D eigenvalue weighted by Crippen LogP contribution is 2.09. The van der Waals surface area contributed by atoms with Crippen molar-refractivity contribution in [3.05, 3.63) is 42.5 Å². The van der Waals surface area contributed by atoms with E-state index in [2.05, 4.69) is 10.2 Å². The number of rotatable bonds is 3. The molecular formula is C11H14N4. The number of aromatic nitrogens is 3. The van der Waals surface area contributed by atoms with Crippen LogP contribution in [0.5, 0.6) is 0 Å². The molecule has 78 valence electrons. The Kier molecular flexibility index (Phi) is 2.78. The van der Waals surface area contributed by atoms with E-state index in [1.807, 2.05) is 41.8 Å². The lowest BCUT2D eigenvalue weighted by atomic mass is 10.2. The second-order valence-electron chi connectivity index (χ2n) is 3.63. The standard InChI is InChI=1S/C11H14N4/c1-9(12)7-11-14-13-8-15(11)10-5-3-2-4-6-10/h2-6,8-9H,7,12H2,1H3. The molecule has 0 aliphatic carbocycles. The first-order valence-corrected chi connectivity index (χ1v) is 4.97. The topological polar surface area (TPSA) is 56.7 Å². The lowest BCUT2D eigenvalue weighted by Crippen LogP contribution is -2.20. The first kappa shape index (κ1) is 9.86. The van der Waals surface area contributed by atoms with Crippen LogP contribution < -0.4 is 5.73 Å². The summed E-state index contributed by atoms with van der Waals surface area (Å²) in [6.45, 7) is 1.96. The third-order valence-electron chi connectivity index (χ3n) is 2.16. The molecule has 4 heteroatoms. The van der Waals surface area contributed by atoms with Crippen molar-refractivity contribution in [2.45, 2.75) is 19.4 Å². The lowest BCUT2D eigenvalue weighted by Gasteiger charge is -2.07. The maximum atomic E-state index is 5.75. The average molecular weight is 202 g/mol. The summed E-state index contributed by atoms with van der Waals surface area (Å²) in [6, 6.07) is 10.1. The first-order chi connectivity index (χ1) is 7.27. The molecular weight excluding hydrogens is 188 g/mol. The highest BCUT2D eigenvalue weighted by molar-refractivity contribution is 5.32. The van der Waals surface area contributed by atoms with Crippen LogP contribution in [0.25, 0.3) is 5.69 Å². The fourth-order valence-electron chi connectivity index (χ4n) is 1.49. The minimum atomic E-state index is 0.0941. The van der Waals surface area contributed by atoms with Crippen LogP contribution in [0.15, 0.2) is 36.7 Å². The van der Waals surface area contributed by atoms with Crippen LogP contribution in [0.3, 0.4) is 0 Å². The molecule has 0 aliphatic rings. The molecule has 0 saturated carbocycles. The van der Waals surface area contributed by atoms with Crippen molar-refractivity contribution in [3.63, 3.8) is 0 Å². The third kappa shape index (κ3) is 2.22. The molecule has 1 heterocycles. The van der Waals surface area contributed by atoms with Gasteiger partial charge >= 0.3 is 0 Å². The van der Waals surface area contributed by atoms with Gasteiger partial charge in [-0.1, -0.05) is 18.2 Å². The Bertz CT molecular complexity index is 419. The summed E-state index contributed by atoms with van der Waals surface area (Å²) in [5.74, 6) is 0.899. The molecule has 0 spiro atoms. The molecule has 2 aromatic rings. The fourth-order valence-corrected chi connectivity index (χ4v) is 1.49. The van der Waals surface area contributed by atoms with Gasteiger partial charge in [-0.2, -0.15) is 0 Å². The van der Waals surface area contributed by atoms with Crippen molar-refractivity contribution in [1.29, 1.82) is 0 Å². The smallest absolute Gasteiger partial charge is 0.138 e. The van der Waals surface area contributed by atoms with Crippen LogP contribution in [-0.2, 0) is 6.42 Å². The maximum Gasteiger partial charge on any atom is 0.138 e. The first-order valence-electron chi connectivity index (χ1n) is 4.97. The summed E-state index contributed by atoms with van der Waals surface area (Å²) >= 11 is 0. The van der Waals surface area contributed by atoms with Gasteiger partial charge in [-0.25, -0.2) is 0 Å². The molecule has 1 atom stereocenters. The summed E-state index contributed by atoms with van der Waals surface area (Å²) in [7, 11) is 0. The average Bonchev–Trinajstić information content (AvgIpc) is 2.66. The monoisotopic (exact) mass is 202 g/mol. The van der Waals surface area contributed by atoms with Gasteiger partial charge in [0, 0.05) is 18.2 Å². The number of nitrogens with zero attached hydrogens (tertiary/aromatic N) is 3. The van der Waals surface area contributed by atoms with Gasteiger partial charge in [0.1, 0.15) is 12.2 Å². The van der Waals surface area contributed by atoms with E-state index in [0.717, 1.165) is 17.9 Å². The zero-order valence-electron chi connectivity index (χ0n) is 8.67. The minimum absolute atomic E-state index is 0.0941. The van der Waals surface area contributed by atoms with Crippen LogP contribution in [0.4, 0.5) is 0 Å². The summed E-state index contributed by atoms with van der Waals surface area (Å²) in [6.07, 6.45) is 2.45. The zero-order valence-corrected chi connectivity index (χ0v) is 8.67. The van der Waals surface area contributed by atoms with Crippen LogP contribution >= 0.6 is 0 Å². The van der Waals surface area contributed by atoms with Crippen molar-refractivity contribution >= 4 is 0 Å². The Labute approximate surface area is 88.8 Å². The molecule has 4 nitrogen and oxygen atoms in total. The van der Waals surface area contributed by atoms with E-state index >= 15 is 0 Å². The Morgan fingerprint density at radius 2 is 2.07 bits per heavy atom. The minimum Gasteiger partial charge on any atom is -0.328 e. The fraction of sp³-hybridized carbons (Fsp3) is 0.273. The van der Waals surface area contributed by atoms with Crippen molar-refractivity contribution < 1.29 is 0 Å². The maximum absolute atomic E-state index is 5.75. The normalized spacial score (nSPS) is 12.7. The molecule has 2 N–H and O–H groups in total. The Balaban J connectivity index is 2.33. The summed E-state index contributed by atoms with van der Waals surface area (Å²) in [4.78, 5) is 0. The molecule has 0 aliphatic heterocycles. The van der Waals surface area contributed by atoms with Gasteiger partial charge in [-0.15, -0.1) is 10.2 Å². The van der Waals surface area contributed by atoms with E-state index in [1.54, 1.807) is 6.33 Å². The summed E-state index contributed by atoms with van der Waals surface area (Å²) < 4.78 is 1.96. The Morgan fingerprint density at radius 3 is 2.73 bits per heavy atom. The highest BCUT2D eigenvalue weighted by Gasteiger charge is 2.07. The van der Waals surface area contributed by atoms with E-state index in [4.69, 9.17) is 5.73 Å². The molecule has 0 fully saturated rings. The molecule has 1 unspecified atom stereocenters. The number of hydrogen-bond acceptors (Lipinski definition) is 3. The predicted octanol–water partition coefficient (Wildman–Crippen LogP) is 1.16. The van der Waals surface area contributed by atoms with E-state index in [-0.39, 0.29) is 6.04 Å². The van der Waals surface area contributed by atoms with Gasteiger partial charge in [0.05, 0.1) is 0 Å². The van der Waals surface area contributed by atoms with Gasteiger partial charge in [0.25, 0.3) is 0 Å². The Morgan fingerprint density at radius 1 is 1.33 bits per heavy atom. The van der Waals surface area contributed by atoms with Gasteiger partial charge in [0.2, 0.25) is 0 Å². The second-order valence-corrected chi connectivity index (χ2v) is 3.63. The molecule has 0 bridgehead atoms. The second kappa shape index (κ2) is 4.23. The molecule has 1 aromatic carbocycles.